The third kappa shape index (κ3) is 4.37. The van der Waals surface area contributed by atoms with E-state index in [1.165, 1.54) is 37.7 Å². The van der Waals surface area contributed by atoms with Gasteiger partial charge in [0.25, 0.3) is 5.91 Å². The maximum absolute atomic E-state index is 12.9. The Labute approximate surface area is 180 Å². The Kier molecular flexibility index (Phi) is 6.39. The Morgan fingerprint density at radius 1 is 0.833 bits per heavy atom. The van der Waals surface area contributed by atoms with Gasteiger partial charge in [0, 0.05) is 43.0 Å². The van der Waals surface area contributed by atoms with Crippen molar-refractivity contribution in [1.82, 2.24) is 9.80 Å². The van der Waals surface area contributed by atoms with Gasteiger partial charge in [-0.1, -0.05) is 49.6 Å². The molecule has 2 fully saturated rings. The fourth-order valence-corrected chi connectivity index (χ4v) is 5.35. The van der Waals surface area contributed by atoms with Gasteiger partial charge in [0.05, 0.1) is 0 Å². The maximum Gasteiger partial charge on any atom is 0.253 e. The average molecular weight is 428 g/mol. The molecular weight excluding hydrogens is 398 g/mol. The van der Waals surface area contributed by atoms with Crippen molar-refractivity contribution in [2.75, 3.05) is 30.9 Å². The molecule has 1 heterocycles. The molecule has 2 aromatic rings. The molecule has 2 aliphatic rings. The number of rotatable bonds is 5. The molecule has 0 aromatic heterocycles. The van der Waals surface area contributed by atoms with Crippen LogP contribution in [0.1, 0.15) is 48.0 Å². The molecule has 0 radical (unpaired) electrons. The first-order chi connectivity index (χ1) is 14.6. The van der Waals surface area contributed by atoms with Crippen molar-refractivity contribution in [3.63, 3.8) is 0 Å². The first-order valence-corrected chi connectivity index (χ1v) is 11.9. The Bertz CT molecular complexity index is 922. The molecule has 1 saturated carbocycles. The highest BCUT2D eigenvalue weighted by molar-refractivity contribution is 7.73. The molecule has 2 aromatic carbocycles. The SMILES string of the molecule is O=C(c1ccc(N[SH](=O)=O)cc1)N1CCN(C2(c3ccccc3)CCCCC2)CC1. The van der Waals surface area contributed by atoms with E-state index in [4.69, 9.17) is 0 Å². The van der Waals surface area contributed by atoms with E-state index in [2.05, 4.69) is 40.0 Å². The highest BCUT2D eigenvalue weighted by Crippen LogP contribution is 2.42. The second-order valence-corrected chi connectivity index (χ2v) is 8.92. The van der Waals surface area contributed by atoms with Crippen molar-refractivity contribution >= 4 is 22.5 Å². The van der Waals surface area contributed by atoms with E-state index in [-0.39, 0.29) is 11.4 Å². The first-order valence-electron chi connectivity index (χ1n) is 10.7. The van der Waals surface area contributed by atoms with Gasteiger partial charge in [0.15, 0.2) is 0 Å². The van der Waals surface area contributed by atoms with Gasteiger partial charge in [-0.3, -0.25) is 14.4 Å². The van der Waals surface area contributed by atoms with Crippen LogP contribution in [0.25, 0.3) is 0 Å². The van der Waals surface area contributed by atoms with Crippen molar-refractivity contribution in [1.29, 1.82) is 0 Å². The van der Waals surface area contributed by atoms with Gasteiger partial charge in [-0.2, -0.15) is 0 Å². The molecule has 7 heteroatoms. The molecule has 30 heavy (non-hydrogen) atoms. The number of benzene rings is 2. The molecule has 160 valence electrons. The second-order valence-electron chi connectivity index (χ2n) is 8.18. The van der Waals surface area contributed by atoms with Crippen molar-refractivity contribution in [2.45, 2.75) is 37.6 Å². The number of carbonyl (C=O) groups is 1. The van der Waals surface area contributed by atoms with E-state index in [1.54, 1.807) is 24.3 Å². The number of piperazine rings is 1. The van der Waals surface area contributed by atoms with Gasteiger partial charge in [-0.15, -0.1) is 0 Å². The van der Waals surface area contributed by atoms with Gasteiger partial charge in [0.1, 0.15) is 0 Å². The molecule has 0 spiro atoms. The molecular formula is C23H29N3O3S. The van der Waals surface area contributed by atoms with Crippen molar-refractivity contribution in [3.8, 4) is 0 Å². The largest absolute Gasteiger partial charge is 0.336 e. The van der Waals surface area contributed by atoms with E-state index in [0.29, 0.717) is 24.3 Å². The lowest BCUT2D eigenvalue weighted by molar-refractivity contribution is 0.00562. The van der Waals surface area contributed by atoms with Crippen LogP contribution in [0.2, 0.25) is 0 Å². The van der Waals surface area contributed by atoms with E-state index < -0.39 is 10.9 Å². The lowest BCUT2D eigenvalue weighted by Gasteiger charge is -2.50. The smallest absolute Gasteiger partial charge is 0.253 e. The van der Waals surface area contributed by atoms with Crippen molar-refractivity contribution in [3.05, 3.63) is 65.7 Å². The minimum Gasteiger partial charge on any atom is -0.336 e. The molecule has 1 amide bonds. The molecule has 0 bridgehead atoms. The number of carbonyl (C=O) groups excluding carboxylic acids is 1. The quantitative estimate of drug-likeness (QED) is 0.719. The second kappa shape index (κ2) is 9.18. The lowest BCUT2D eigenvalue weighted by atomic mass is 9.75. The lowest BCUT2D eigenvalue weighted by Crippen LogP contribution is -2.57. The summed E-state index contributed by atoms with van der Waals surface area (Å²) in [7, 11) is -2.70. The van der Waals surface area contributed by atoms with E-state index in [0.717, 1.165) is 13.1 Å². The number of hydrogen-bond donors (Lipinski definition) is 2. The molecule has 4 rings (SSSR count). The molecule has 1 aliphatic carbocycles. The van der Waals surface area contributed by atoms with Crippen LogP contribution in [0.4, 0.5) is 5.69 Å². The number of amides is 1. The molecule has 1 saturated heterocycles. The summed E-state index contributed by atoms with van der Waals surface area (Å²) < 4.78 is 23.9. The van der Waals surface area contributed by atoms with Gasteiger partial charge < -0.3 is 4.90 Å². The molecule has 1 N–H and O–H groups in total. The van der Waals surface area contributed by atoms with Crippen molar-refractivity contribution in [2.24, 2.45) is 0 Å². The normalized spacial score (nSPS) is 19.6. The topological polar surface area (TPSA) is 69.7 Å². The zero-order chi connectivity index (χ0) is 21.0. The Balaban J connectivity index is 1.44. The fourth-order valence-electron chi connectivity index (χ4n) is 4.99. The summed E-state index contributed by atoms with van der Waals surface area (Å²) in [4.78, 5) is 17.4. The van der Waals surface area contributed by atoms with Crippen LogP contribution in [0.3, 0.4) is 0 Å². The number of nitrogens with zero attached hydrogens (tertiary/aromatic N) is 2. The third-order valence-electron chi connectivity index (χ3n) is 6.52. The predicted octanol–water partition coefficient (Wildman–Crippen LogP) is 3.24. The third-order valence-corrected chi connectivity index (χ3v) is 6.96. The van der Waals surface area contributed by atoms with E-state index in [1.807, 2.05) is 4.90 Å². The minimum atomic E-state index is -2.70. The zero-order valence-corrected chi connectivity index (χ0v) is 18.0. The highest BCUT2D eigenvalue weighted by atomic mass is 32.2. The molecule has 0 unspecified atom stereocenters. The minimum absolute atomic E-state index is 0.00474. The fraction of sp³-hybridized carbons (Fsp3) is 0.435. The number of hydrogen-bond acceptors (Lipinski definition) is 4. The summed E-state index contributed by atoms with van der Waals surface area (Å²) in [6.07, 6.45) is 6.17. The molecule has 6 nitrogen and oxygen atoms in total. The van der Waals surface area contributed by atoms with Crippen LogP contribution in [-0.2, 0) is 16.4 Å². The number of anilines is 1. The maximum atomic E-state index is 12.9. The summed E-state index contributed by atoms with van der Waals surface area (Å²) >= 11 is 0. The van der Waals surface area contributed by atoms with Gasteiger partial charge >= 0.3 is 0 Å². The summed E-state index contributed by atoms with van der Waals surface area (Å²) in [5.74, 6) is 0.00474. The van der Waals surface area contributed by atoms with Gasteiger partial charge in [-0.25, -0.2) is 8.42 Å². The first kappa shape index (κ1) is 20.9. The monoisotopic (exact) mass is 427 g/mol. The zero-order valence-electron chi connectivity index (χ0n) is 17.1. The molecule has 0 atom stereocenters. The van der Waals surface area contributed by atoms with Crippen LogP contribution in [0.15, 0.2) is 54.6 Å². The Morgan fingerprint density at radius 2 is 1.47 bits per heavy atom. The van der Waals surface area contributed by atoms with Crippen LogP contribution < -0.4 is 4.72 Å². The van der Waals surface area contributed by atoms with E-state index in [9.17, 15) is 13.2 Å². The van der Waals surface area contributed by atoms with Gasteiger partial charge in [-0.05, 0) is 42.7 Å². The molecule has 1 aliphatic heterocycles. The Morgan fingerprint density at radius 3 is 2.07 bits per heavy atom. The van der Waals surface area contributed by atoms with Crippen LogP contribution in [0.5, 0.6) is 0 Å². The Hall–Kier alpha value is -2.38. The summed E-state index contributed by atoms with van der Waals surface area (Å²) in [6.45, 7) is 3.16. The van der Waals surface area contributed by atoms with E-state index >= 15 is 0 Å². The number of nitrogens with one attached hydrogen (secondary N) is 1. The van der Waals surface area contributed by atoms with Crippen LogP contribution in [-0.4, -0.2) is 50.3 Å². The average Bonchev–Trinajstić information content (AvgIpc) is 2.80. The van der Waals surface area contributed by atoms with Crippen LogP contribution >= 0.6 is 0 Å². The summed E-state index contributed by atoms with van der Waals surface area (Å²) in [5.41, 5.74) is 2.56. The van der Waals surface area contributed by atoms with Crippen molar-refractivity contribution < 1.29 is 13.2 Å². The number of thiol groups is 1. The summed E-state index contributed by atoms with van der Waals surface area (Å²) in [6, 6.07) is 17.5. The highest BCUT2D eigenvalue weighted by Gasteiger charge is 2.41. The van der Waals surface area contributed by atoms with Gasteiger partial charge in [0.2, 0.25) is 10.9 Å². The summed E-state index contributed by atoms with van der Waals surface area (Å²) in [5, 5.41) is 0. The van der Waals surface area contributed by atoms with Crippen LogP contribution in [0, 0.1) is 0 Å². The predicted molar refractivity (Wildman–Crippen MR) is 119 cm³/mol. The standard InChI is InChI=1S/C23H29N3O3S/c27-22(19-9-11-21(12-10-19)24-30(28)29)25-15-17-26(18-16-25)23(13-5-2-6-14-23)20-7-3-1-4-8-20/h1,3-4,7-12,30H,2,5-6,13-18H2,(H,24,28,29).